The summed E-state index contributed by atoms with van der Waals surface area (Å²) >= 11 is 12.7. The fourth-order valence-corrected chi connectivity index (χ4v) is 7.86. The Bertz CT molecular complexity index is 908. The van der Waals surface area contributed by atoms with Crippen LogP contribution in [0.15, 0.2) is 29.2 Å². The number of halogens is 1. The highest BCUT2D eigenvalue weighted by molar-refractivity contribution is 8.26. The van der Waals surface area contributed by atoms with Crippen molar-refractivity contribution in [3.63, 3.8) is 0 Å². The van der Waals surface area contributed by atoms with Crippen LogP contribution in [-0.4, -0.2) is 33.1 Å². The van der Waals surface area contributed by atoms with Gasteiger partial charge in [-0.15, -0.1) is 0 Å². The zero-order valence-electron chi connectivity index (χ0n) is 17.4. The lowest BCUT2D eigenvalue weighted by Gasteiger charge is -2.56. The predicted molar refractivity (Wildman–Crippen MR) is 130 cm³/mol. The molecular weight excluding hydrogens is 448 g/mol. The van der Waals surface area contributed by atoms with E-state index in [1.165, 1.54) is 31.0 Å². The normalized spacial score (nSPS) is 32.9. The van der Waals surface area contributed by atoms with Crippen molar-refractivity contribution in [2.75, 3.05) is 6.54 Å². The first-order valence-electron chi connectivity index (χ1n) is 11.2. The molecule has 4 saturated carbocycles. The summed E-state index contributed by atoms with van der Waals surface area (Å²) in [5.74, 6) is 2.49. The lowest BCUT2D eigenvalue weighted by Crippen LogP contribution is -2.59. The number of carbonyl (C=O) groups is 2. The van der Waals surface area contributed by atoms with Crippen LogP contribution >= 0.6 is 35.6 Å². The van der Waals surface area contributed by atoms with Crippen molar-refractivity contribution >= 4 is 57.8 Å². The van der Waals surface area contributed by atoms with Crippen LogP contribution in [-0.2, 0) is 9.59 Å². The van der Waals surface area contributed by atoms with Gasteiger partial charge in [-0.25, -0.2) is 0 Å². The fraction of sp³-hybridized carbons (Fsp3) is 0.542. The number of hydrogen-bond donors (Lipinski definition) is 1. The van der Waals surface area contributed by atoms with E-state index in [-0.39, 0.29) is 17.4 Å². The minimum atomic E-state index is -0.0774. The van der Waals surface area contributed by atoms with E-state index in [1.54, 1.807) is 17.0 Å². The first-order valence-corrected chi connectivity index (χ1v) is 12.8. The topological polar surface area (TPSA) is 49.4 Å². The summed E-state index contributed by atoms with van der Waals surface area (Å²) < 4.78 is 0.562. The molecule has 7 heteroatoms. The average molecular weight is 475 g/mol. The minimum absolute atomic E-state index is 0.0505. The Hall–Kier alpha value is -1.37. The van der Waals surface area contributed by atoms with Crippen LogP contribution in [0, 0.1) is 17.8 Å². The molecule has 1 aromatic rings. The number of thiocarbonyl (C=S) groups is 1. The molecule has 0 unspecified atom stereocenters. The third-order valence-electron chi connectivity index (χ3n) is 7.27. The minimum Gasteiger partial charge on any atom is -0.351 e. The molecule has 5 fully saturated rings. The summed E-state index contributed by atoms with van der Waals surface area (Å²) in [6, 6.07) is 7.36. The van der Waals surface area contributed by atoms with Crippen molar-refractivity contribution < 1.29 is 9.59 Å². The van der Waals surface area contributed by atoms with Crippen LogP contribution in [0.25, 0.3) is 6.08 Å². The van der Waals surface area contributed by atoms with Gasteiger partial charge in [0.1, 0.15) is 4.32 Å². The summed E-state index contributed by atoms with van der Waals surface area (Å²) in [6.07, 6.45) is 10.5. The number of benzene rings is 1. The van der Waals surface area contributed by atoms with Crippen LogP contribution < -0.4 is 5.32 Å². The third kappa shape index (κ3) is 4.57. The third-order valence-corrected chi connectivity index (χ3v) is 8.90. The molecule has 2 amide bonds. The number of rotatable bonds is 6. The summed E-state index contributed by atoms with van der Waals surface area (Å²) in [5.41, 5.74) is 0.967. The average Bonchev–Trinajstić information content (AvgIpc) is 2.95. The highest BCUT2D eigenvalue weighted by Gasteiger charge is 2.51. The van der Waals surface area contributed by atoms with E-state index < -0.39 is 0 Å². The van der Waals surface area contributed by atoms with Crippen molar-refractivity contribution in [2.45, 2.75) is 56.9 Å². The number of thioether (sulfide) groups is 1. The molecule has 1 saturated heterocycles. The van der Waals surface area contributed by atoms with Crippen LogP contribution in [0.3, 0.4) is 0 Å². The van der Waals surface area contributed by atoms with E-state index in [0.717, 1.165) is 42.6 Å². The van der Waals surface area contributed by atoms with Crippen molar-refractivity contribution in [3.8, 4) is 0 Å². The van der Waals surface area contributed by atoms with E-state index in [4.69, 9.17) is 23.8 Å². The number of amides is 2. The molecule has 1 aromatic carbocycles. The standard InChI is InChI=1S/C24H27ClN2O2S2/c25-19-5-3-15(4-6-19)11-20-22(29)27(23(30)31-20)7-1-2-21(28)26-24-12-16-8-17(13-24)10-18(9-16)14-24/h3-6,11,16-18H,1-2,7-10,12-14H2,(H,26,28)/b20-11+. The number of carbonyl (C=O) groups excluding carboxylic acids is 2. The van der Waals surface area contributed by atoms with Gasteiger partial charge in [0, 0.05) is 23.5 Å². The summed E-state index contributed by atoms with van der Waals surface area (Å²) in [7, 11) is 0. The molecule has 0 atom stereocenters. The Morgan fingerprint density at radius 1 is 1.16 bits per heavy atom. The number of nitrogens with zero attached hydrogens (tertiary/aromatic N) is 1. The van der Waals surface area contributed by atoms with Crippen molar-refractivity contribution in [3.05, 3.63) is 39.8 Å². The molecule has 5 aliphatic rings. The summed E-state index contributed by atoms with van der Waals surface area (Å²) in [4.78, 5) is 27.7. The maximum absolute atomic E-state index is 12.8. The van der Waals surface area contributed by atoms with E-state index in [2.05, 4.69) is 5.32 Å². The molecule has 4 bridgehead atoms. The highest BCUT2D eigenvalue weighted by atomic mass is 35.5. The molecule has 164 valence electrons. The van der Waals surface area contributed by atoms with Gasteiger partial charge in [0.2, 0.25) is 5.91 Å². The number of nitrogens with one attached hydrogen (secondary N) is 1. The quantitative estimate of drug-likeness (QED) is 0.442. The molecular formula is C24H27ClN2O2S2. The Kier molecular flexibility index (Phi) is 5.91. The second kappa shape index (κ2) is 8.53. The monoisotopic (exact) mass is 474 g/mol. The fourth-order valence-electron chi connectivity index (χ4n) is 6.42. The Morgan fingerprint density at radius 2 is 1.77 bits per heavy atom. The molecule has 0 aromatic heterocycles. The predicted octanol–water partition coefficient (Wildman–Crippen LogP) is 5.41. The van der Waals surface area contributed by atoms with Gasteiger partial charge in [0.25, 0.3) is 5.91 Å². The lowest BCUT2D eigenvalue weighted by atomic mass is 9.53. The SMILES string of the molecule is O=C(CCCN1C(=O)/C(=C\c2ccc(Cl)cc2)SC1=S)NC12CC3CC(CC(C3)C1)C2. The smallest absolute Gasteiger partial charge is 0.266 e. The first kappa shape index (κ1) is 21.5. The molecule has 0 radical (unpaired) electrons. The first-order chi connectivity index (χ1) is 14.9. The molecule has 1 heterocycles. The maximum atomic E-state index is 12.8. The molecule has 1 aliphatic heterocycles. The second-order valence-corrected chi connectivity index (χ2v) is 11.8. The van der Waals surface area contributed by atoms with Crippen molar-refractivity contribution in [1.29, 1.82) is 0 Å². The zero-order chi connectivity index (χ0) is 21.6. The largest absolute Gasteiger partial charge is 0.351 e. The molecule has 31 heavy (non-hydrogen) atoms. The molecule has 1 N–H and O–H groups in total. The maximum Gasteiger partial charge on any atom is 0.266 e. The van der Waals surface area contributed by atoms with E-state index in [0.29, 0.717) is 33.6 Å². The van der Waals surface area contributed by atoms with Gasteiger partial charge >= 0.3 is 0 Å². The van der Waals surface area contributed by atoms with Gasteiger partial charge in [-0.1, -0.05) is 47.7 Å². The van der Waals surface area contributed by atoms with Gasteiger partial charge in [0.15, 0.2) is 0 Å². The van der Waals surface area contributed by atoms with E-state index in [9.17, 15) is 9.59 Å². The van der Waals surface area contributed by atoms with Crippen LogP contribution in [0.2, 0.25) is 5.02 Å². The Morgan fingerprint density at radius 3 is 2.39 bits per heavy atom. The van der Waals surface area contributed by atoms with Gasteiger partial charge in [-0.05, 0) is 86.5 Å². The molecule has 6 rings (SSSR count). The van der Waals surface area contributed by atoms with Crippen LogP contribution in [0.1, 0.15) is 56.9 Å². The highest BCUT2D eigenvalue weighted by Crippen LogP contribution is 2.55. The van der Waals surface area contributed by atoms with Gasteiger partial charge in [-0.2, -0.15) is 0 Å². The van der Waals surface area contributed by atoms with Gasteiger partial charge in [-0.3, -0.25) is 14.5 Å². The zero-order valence-corrected chi connectivity index (χ0v) is 19.8. The van der Waals surface area contributed by atoms with E-state index in [1.807, 2.05) is 18.2 Å². The number of hydrogen-bond acceptors (Lipinski definition) is 4. The van der Waals surface area contributed by atoms with Gasteiger partial charge < -0.3 is 5.32 Å². The van der Waals surface area contributed by atoms with Crippen LogP contribution in [0.5, 0.6) is 0 Å². The summed E-state index contributed by atoms with van der Waals surface area (Å²) in [6.45, 7) is 0.483. The van der Waals surface area contributed by atoms with Crippen LogP contribution in [0.4, 0.5) is 0 Å². The molecule has 4 aliphatic carbocycles. The Balaban J connectivity index is 1.13. The van der Waals surface area contributed by atoms with Gasteiger partial charge in [0.05, 0.1) is 4.91 Å². The molecule has 0 spiro atoms. The Labute approximate surface area is 198 Å². The van der Waals surface area contributed by atoms with E-state index >= 15 is 0 Å². The summed E-state index contributed by atoms with van der Waals surface area (Å²) in [5, 5.41) is 4.08. The van der Waals surface area contributed by atoms with Crippen molar-refractivity contribution in [2.24, 2.45) is 17.8 Å². The second-order valence-electron chi connectivity index (χ2n) is 9.73. The molecule has 4 nitrogen and oxygen atoms in total. The van der Waals surface area contributed by atoms with Crippen molar-refractivity contribution in [1.82, 2.24) is 10.2 Å². The lowest BCUT2D eigenvalue weighted by molar-refractivity contribution is -0.127.